The van der Waals surface area contributed by atoms with Gasteiger partial charge in [-0.25, -0.2) is 13.5 Å². The number of rotatable bonds is 5. The van der Waals surface area contributed by atoms with Crippen LogP contribution in [0.4, 0.5) is 8.78 Å². The molecule has 1 aliphatic rings. The van der Waals surface area contributed by atoms with Crippen molar-refractivity contribution >= 4 is 23.4 Å². The van der Waals surface area contributed by atoms with Gasteiger partial charge in [0, 0.05) is 28.4 Å². The van der Waals surface area contributed by atoms with E-state index in [2.05, 4.69) is 15.3 Å². The fraction of sp³-hybridized carbons (Fsp3) is 0.350. The number of pyridine rings is 1. The minimum Gasteiger partial charge on any atom is -0.394 e. The second-order valence-electron chi connectivity index (χ2n) is 7.30. The molecule has 1 saturated heterocycles. The summed E-state index contributed by atoms with van der Waals surface area (Å²) in [6.07, 6.45) is 0.733. The number of hydrogen-bond donors (Lipinski definition) is 3. The summed E-state index contributed by atoms with van der Waals surface area (Å²) in [5, 5.41) is 39.6. The highest BCUT2D eigenvalue weighted by Gasteiger charge is 2.46. The van der Waals surface area contributed by atoms with Crippen LogP contribution in [0.25, 0.3) is 11.3 Å². The zero-order valence-corrected chi connectivity index (χ0v) is 18.2. The Morgan fingerprint density at radius 3 is 2.53 bits per heavy atom. The molecule has 1 aliphatic heterocycles. The van der Waals surface area contributed by atoms with Crippen LogP contribution in [0.15, 0.2) is 41.7 Å². The van der Waals surface area contributed by atoms with Gasteiger partial charge in [-0.15, -0.1) is 5.10 Å². The third-order valence-electron chi connectivity index (χ3n) is 5.17. The molecule has 0 spiro atoms. The van der Waals surface area contributed by atoms with Gasteiger partial charge in [-0.2, -0.15) is 0 Å². The fourth-order valence-corrected chi connectivity index (χ4v) is 4.74. The Morgan fingerprint density at radius 1 is 1.16 bits per heavy atom. The van der Waals surface area contributed by atoms with Crippen LogP contribution in [0.2, 0.25) is 5.02 Å². The van der Waals surface area contributed by atoms with Crippen LogP contribution in [0.3, 0.4) is 0 Å². The van der Waals surface area contributed by atoms with E-state index in [1.54, 1.807) is 6.07 Å². The van der Waals surface area contributed by atoms with Crippen LogP contribution in [0.5, 0.6) is 0 Å². The van der Waals surface area contributed by atoms with Crippen molar-refractivity contribution in [1.29, 1.82) is 0 Å². The topological polar surface area (TPSA) is 114 Å². The van der Waals surface area contributed by atoms with Gasteiger partial charge in [0.2, 0.25) is 0 Å². The summed E-state index contributed by atoms with van der Waals surface area (Å²) < 4.78 is 34.8. The number of halogens is 3. The molecule has 2 aromatic heterocycles. The molecule has 0 radical (unpaired) electrons. The number of ether oxygens (including phenoxy) is 1. The van der Waals surface area contributed by atoms with Gasteiger partial charge in [-0.05, 0) is 25.1 Å². The minimum atomic E-state index is -1.33. The smallest absolute Gasteiger partial charge is 0.136 e. The Kier molecular flexibility index (Phi) is 6.75. The number of aromatic nitrogens is 4. The van der Waals surface area contributed by atoms with Gasteiger partial charge in [0.05, 0.1) is 17.8 Å². The van der Waals surface area contributed by atoms with E-state index in [1.165, 1.54) is 30.2 Å². The first kappa shape index (κ1) is 23.0. The molecular formula is C20H19ClF2N4O4S. The lowest BCUT2D eigenvalue weighted by Gasteiger charge is -2.41. The summed E-state index contributed by atoms with van der Waals surface area (Å²) in [6.45, 7) is 0.813. The predicted octanol–water partition coefficient (Wildman–Crippen LogP) is 2.35. The largest absolute Gasteiger partial charge is 0.394 e. The maximum Gasteiger partial charge on any atom is 0.136 e. The Labute approximate surface area is 190 Å². The normalized spacial score (nSPS) is 25.8. The number of aliphatic hydroxyl groups excluding tert-OH is 3. The predicted molar refractivity (Wildman–Crippen MR) is 112 cm³/mol. The quantitative estimate of drug-likeness (QED) is 0.506. The minimum absolute atomic E-state index is 0.113. The van der Waals surface area contributed by atoms with Crippen molar-refractivity contribution in [2.45, 2.75) is 41.6 Å². The van der Waals surface area contributed by atoms with E-state index in [0.717, 1.165) is 23.9 Å². The van der Waals surface area contributed by atoms with E-state index in [0.29, 0.717) is 9.92 Å². The van der Waals surface area contributed by atoms with E-state index in [9.17, 15) is 24.1 Å². The number of nitrogens with zero attached hydrogens (tertiary/aromatic N) is 4. The second kappa shape index (κ2) is 9.38. The van der Waals surface area contributed by atoms with Crippen molar-refractivity contribution in [2.75, 3.05) is 6.61 Å². The summed E-state index contributed by atoms with van der Waals surface area (Å²) >= 11 is 7.07. The number of benzene rings is 1. The molecule has 1 fully saturated rings. The number of thioether (sulfide) groups is 1. The maximum absolute atomic E-state index is 14.0. The first-order chi connectivity index (χ1) is 15.3. The SMILES string of the molecule is Cc1c(F)cc(-c2cn([C@@H]3C(O)[C@@H](Sc4cncc(Cl)c4)OC(CO)[C@@H]3O)nn2)cc1F. The molecule has 2 unspecified atom stereocenters. The molecule has 5 atom stereocenters. The summed E-state index contributed by atoms with van der Waals surface area (Å²) in [4.78, 5) is 4.60. The van der Waals surface area contributed by atoms with Crippen molar-refractivity contribution in [2.24, 2.45) is 0 Å². The Hall–Kier alpha value is -2.15. The van der Waals surface area contributed by atoms with Gasteiger partial charge in [-0.1, -0.05) is 28.6 Å². The third kappa shape index (κ3) is 4.49. The van der Waals surface area contributed by atoms with Gasteiger partial charge < -0.3 is 20.1 Å². The van der Waals surface area contributed by atoms with Crippen LogP contribution in [-0.2, 0) is 4.74 Å². The average molecular weight is 485 g/mol. The van der Waals surface area contributed by atoms with Crippen molar-refractivity contribution in [3.8, 4) is 11.3 Å². The molecule has 0 amide bonds. The summed E-state index contributed by atoms with van der Waals surface area (Å²) in [5.41, 5.74) is -0.708. The summed E-state index contributed by atoms with van der Waals surface area (Å²) in [5.74, 6) is -1.46. The summed E-state index contributed by atoms with van der Waals surface area (Å²) in [7, 11) is 0. The van der Waals surface area contributed by atoms with Crippen molar-refractivity contribution < 1.29 is 28.8 Å². The molecule has 0 bridgehead atoms. The Balaban J connectivity index is 1.64. The monoisotopic (exact) mass is 484 g/mol. The van der Waals surface area contributed by atoms with Gasteiger partial charge in [0.1, 0.15) is 47.1 Å². The zero-order chi connectivity index (χ0) is 23.0. The molecule has 4 rings (SSSR count). The molecule has 12 heteroatoms. The van der Waals surface area contributed by atoms with E-state index >= 15 is 0 Å². The highest BCUT2D eigenvalue weighted by molar-refractivity contribution is 7.99. The van der Waals surface area contributed by atoms with Crippen LogP contribution in [0, 0.1) is 18.6 Å². The fourth-order valence-electron chi connectivity index (χ4n) is 3.42. The van der Waals surface area contributed by atoms with E-state index < -0.39 is 48.0 Å². The molecule has 0 saturated carbocycles. The molecule has 8 nitrogen and oxygen atoms in total. The molecule has 170 valence electrons. The first-order valence-electron chi connectivity index (χ1n) is 9.56. The third-order valence-corrected chi connectivity index (χ3v) is 6.50. The number of aliphatic hydroxyl groups is 3. The molecule has 0 aliphatic carbocycles. The lowest BCUT2D eigenvalue weighted by Crippen LogP contribution is -2.55. The van der Waals surface area contributed by atoms with Crippen LogP contribution >= 0.6 is 23.4 Å². The van der Waals surface area contributed by atoms with Crippen molar-refractivity contribution in [1.82, 2.24) is 20.0 Å². The highest BCUT2D eigenvalue weighted by atomic mass is 35.5. The van der Waals surface area contributed by atoms with Crippen molar-refractivity contribution in [3.63, 3.8) is 0 Å². The molecule has 3 N–H and O–H groups in total. The standard InChI is InChI=1S/C20H19ClF2N4O4S/c1-9-13(22)2-10(3-14(9)23)15-7-27(26-25-15)17-18(29)16(8-28)31-20(19(17)30)32-12-4-11(21)5-24-6-12/h2-7,16-20,28-30H,8H2,1H3/t16?,17-,18-,19?,20+/m0/s1. The number of hydrogen-bond acceptors (Lipinski definition) is 8. The summed E-state index contributed by atoms with van der Waals surface area (Å²) in [6, 6.07) is 2.85. The molecule has 3 aromatic rings. The van der Waals surface area contributed by atoms with E-state index in [-0.39, 0.29) is 16.8 Å². The van der Waals surface area contributed by atoms with Crippen LogP contribution in [-0.4, -0.2) is 65.7 Å². The van der Waals surface area contributed by atoms with Crippen LogP contribution in [0.1, 0.15) is 11.6 Å². The zero-order valence-electron chi connectivity index (χ0n) is 16.6. The molecule has 1 aromatic carbocycles. The van der Waals surface area contributed by atoms with Gasteiger partial charge in [-0.3, -0.25) is 4.98 Å². The molecule has 3 heterocycles. The van der Waals surface area contributed by atoms with E-state index in [1.807, 2.05) is 0 Å². The van der Waals surface area contributed by atoms with Crippen LogP contribution < -0.4 is 0 Å². The maximum atomic E-state index is 14.0. The Morgan fingerprint density at radius 2 is 1.88 bits per heavy atom. The van der Waals surface area contributed by atoms with Gasteiger partial charge in [0.25, 0.3) is 0 Å². The highest BCUT2D eigenvalue weighted by Crippen LogP contribution is 2.38. The average Bonchev–Trinajstić information content (AvgIpc) is 3.23. The molecule has 32 heavy (non-hydrogen) atoms. The molecular weight excluding hydrogens is 466 g/mol. The Bertz CT molecular complexity index is 1100. The van der Waals surface area contributed by atoms with Gasteiger partial charge in [0.15, 0.2) is 0 Å². The lowest BCUT2D eigenvalue weighted by molar-refractivity contribution is -0.178. The van der Waals surface area contributed by atoms with Gasteiger partial charge >= 0.3 is 0 Å². The van der Waals surface area contributed by atoms with E-state index in [4.69, 9.17) is 16.3 Å². The lowest BCUT2D eigenvalue weighted by atomic mass is 9.97. The second-order valence-corrected chi connectivity index (χ2v) is 8.91. The first-order valence-corrected chi connectivity index (χ1v) is 10.8. The van der Waals surface area contributed by atoms with Crippen molar-refractivity contribution in [3.05, 3.63) is 59.0 Å².